The van der Waals surface area contributed by atoms with E-state index in [9.17, 15) is 18.0 Å². The van der Waals surface area contributed by atoms with E-state index in [-0.39, 0.29) is 16.2 Å². The van der Waals surface area contributed by atoms with Gasteiger partial charge in [-0.3, -0.25) is 4.79 Å². The first kappa shape index (κ1) is 24.0. The predicted molar refractivity (Wildman–Crippen MR) is 131 cm³/mol. The van der Waals surface area contributed by atoms with Crippen molar-refractivity contribution >= 4 is 38.4 Å². The third-order valence-corrected chi connectivity index (χ3v) is 8.02. The predicted octanol–water partition coefficient (Wildman–Crippen LogP) is 3.76. The van der Waals surface area contributed by atoms with Gasteiger partial charge in [0.15, 0.2) is 6.10 Å². The maximum absolute atomic E-state index is 13.3. The molecule has 1 aliphatic rings. The van der Waals surface area contributed by atoms with E-state index < -0.39 is 22.1 Å². The number of aromatic amines is 1. The molecule has 1 N–H and O–H groups in total. The van der Waals surface area contributed by atoms with E-state index in [1.807, 2.05) is 36.1 Å². The molecular formula is C25H29N3O5S. The van der Waals surface area contributed by atoms with Crippen LogP contribution in [0.25, 0.3) is 10.9 Å². The van der Waals surface area contributed by atoms with Crippen LogP contribution in [0.5, 0.6) is 0 Å². The number of para-hydroxylation sites is 1. The SMILES string of the molecule is Cc1[nH]c2ccccc2c1C(=O)C(C)OC(=O)c1cc(S(=O)(=O)N(C)C)ccc1N1CCCC1. The number of nitrogens with zero attached hydrogens (tertiary/aromatic N) is 2. The van der Waals surface area contributed by atoms with Gasteiger partial charge >= 0.3 is 5.97 Å². The quantitative estimate of drug-likeness (QED) is 0.406. The largest absolute Gasteiger partial charge is 0.451 e. The number of nitrogens with one attached hydrogen (secondary N) is 1. The Kier molecular flexibility index (Phi) is 6.51. The third-order valence-electron chi connectivity index (χ3n) is 6.21. The van der Waals surface area contributed by atoms with Crippen molar-refractivity contribution in [1.29, 1.82) is 0 Å². The van der Waals surface area contributed by atoms with Gasteiger partial charge < -0.3 is 14.6 Å². The Morgan fingerprint density at radius 2 is 1.76 bits per heavy atom. The maximum Gasteiger partial charge on any atom is 0.341 e. The van der Waals surface area contributed by atoms with Crippen molar-refractivity contribution in [3.8, 4) is 0 Å². The topological polar surface area (TPSA) is 99.8 Å². The van der Waals surface area contributed by atoms with Gasteiger partial charge in [-0.15, -0.1) is 0 Å². The zero-order valence-electron chi connectivity index (χ0n) is 19.8. The van der Waals surface area contributed by atoms with Gasteiger partial charge in [-0.2, -0.15) is 0 Å². The summed E-state index contributed by atoms with van der Waals surface area (Å²) in [6, 6.07) is 12.0. The average Bonchev–Trinajstić information content (AvgIpc) is 3.45. The van der Waals surface area contributed by atoms with Crippen LogP contribution >= 0.6 is 0 Å². The van der Waals surface area contributed by atoms with Gasteiger partial charge in [0.1, 0.15) is 0 Å². The van der Waals surface area contributed by atoms with Gasteiger partial charge in [0.05, 0.1) is 16.1 Å². The van der Waals surface area contributed by atoms with Crippen LogP contribution in [0.3, 0.4) is 0 Å². The van der Waals surface area contributed by atoms with E-state index in [4.69, 9.17) is 4.74 Å². The molecule has 0 saturated carbocycles. The van der Waals surface area contributed by atoms with E-state index in [0.717, 1.165) is 41.1 Å². The van der Waals surface area contributed by atoms with Crippen molar-refractivity contribution in [3.63, 3.8) is 0 Å². The summed E-state index contributed by atoms with van der Waals surface area (Å²) in [6.45, 7) is 4.88. The van der Waals surface area contributed by atoms with Gasteiger partial charge in [0.25, 0.3) is 0 Å². The number of benzene rings is 2. The summed E-state index contributed by atoms with van der Waals surface area (Å²) in [5.74, 6) is -1.04. The number of ketones is 1. The lowest BCUT2D eigenvalue weighted by Crippen LogP contribution is -2.28. The van der Waals surface area contributed by atoms with Crippen LogP contribution in [0.1, 0.15) is 46.2 Å². The molecule has 1 fully saturated rings. The number of esters is 1. The molecule has 1 atom stereocenters. The van der Waals surface area contributed by atoms with Crippen molar-refractivity contribution in [3.05, 3.63) is 59.3 Å². The molecule has 4 rings (SSSR count). The molecular weight excluding hydrogens is 454 g/mol. The molecule has 34 heavy (non-hydrogen) atoms. The van der Waals surface area contributed by atoms with E-state index in [1.165, 1.54) is 33.2 Å². The van der Waals surface area contributed by atoms with Crippen LogP contribution in [0.4, 0.5) is 5.69 Å². The standard InChI is InChI=1S/C25H29N3O5S/c1-16-23(19-9-5-6-10-21(19)26-16)24(29)17(2)33-25(30)20-15-18(34(31,32)27(3)4)11-12-22(20)28-13-7-8-14-28/h5-6,9-12,15,17,26H,7-8,13-14H2,1-4H3. The molecule has 9 heteroatoms. The van der Waals surface area contributed by atoms with E-state index in [1.54, 1.807) is 6.07 Å². The monoisotopic (exact) mass is 483 g/mol. The van der Waals surface area contributed by atoms with Crippen molar-refractivity contribution in [2.75, 3.05) is 32.1 Å². The number of sulfonamides is 1. The molecule has 0 spiro atoms. The third kappa shape index (κ3) is 4.33. The number of aryl methyl sites for hydroxylation is 1. The summed E-state index contributed by atoms with van der Waals surface area (Å²) in [4.78, 5) is 31.8. The molecule has 1 aliphatic heterocycles. The minimum atomic E-state index is -3.75. The summed E-state index contributed by atoms with van der Waals surface area (Å²) >= 11 is 0. The fourth-order valence-electron chi connectivity index (χ4n) is 4.36. The number of carbonyl (C=O) groups excluding carboxylic acids is 2. The van der Waals surface area contributed by atoms with Gasteiger partial charge in [-0.25, -0.2) is 17.5 Å². The number of aromatic nitrogens is 1. The highest BCUT2D eigenvalue weighted by Crippen LogP contribution is 2.30. The van der Waals surface area contributed by atoms with Crippen LogP contribution in [-0.4, -0.2) is 62.7 Å². The highest BCUT2D eigenvalue weighted by Gasteiger charge is 2.29. The molecule has 3 aromatic rings. The Labute approximate surface area is 199 Å². The highest BCUT2D eigenvalue weighted by atomic mass is 32.2. The first-order valence-corrected chi connectivity index (χ1v) is 12.7. The number of hydrogen-bond donors (Lipinski definition) is 1. The van der Waals surface area contributed by atoms with Gasteiger partial charge in [-0.1, -0.05) is 18.2 Å². The number of Topliss-reactive ketones (excluding diaryl/α,β-unsaturated/α-hetero) is 1. The van der Waals surface area contributed by atoms with E-state index >= 15 is 0 Å². The van der Waals surface area contributed by atoms with Gasteiger partial charge in [-0.05, 0) is 51.0 Å². The number of H-pyrrole nitrogens is 1. The van der Waals surface area contributed by atoms with Crippen LogP contribution in [-0.2, 0) is 14.8 Å². The molecule has 1 saturated heterocycles. The van der Waals surface area contributed by atoms with Crippen molar-refractivity contribution in [2.24, 2.45) is 0 Å². The molecule has 8 nitrogen and oxygen atoms in total. The summed E-state index contributed by atoms with van der Waals surface area (Å²) in [7, 11) is -0.874. The number of hydrogen-bond acceptors (Lipinski definition) is 6. The fourth-order valence-corrected chi connectivity index (χ4v) is 5.29. The Morgan fingerprint density at radius 1 is 1.09 bits per heavy atom. The highest BCUT2D eigenvalue weighted by molar-refractivity contribution is 7.89. The van der Waals surface area contributed by atoms with Gasteiger partial charge in [0.2, 0.25) is 15.8 Å². The van der Waals surface area contributed by atoms with Crippen LogP contribution < -0.4 is 4.90 Å². The number of carbonyl (C=O) groups is 2. The Morgan fingerprint density at radius 3 is 2.44 bits per heavy atom. The Bertz CT molecular complexity index is 1350. The molecule has 0 bridgehead atoms. The van der Waals surface area contributed by atoms with E-state index in [2.05, 4.69) is 4.98 Å². The number of rotatable bonds is 7. The second-order valence-corrected chi connectivity index (χ2v) is 10.9. The zero-order chi connectivity index (χ0) is 24.6. The summed E-state index contributed by atoms with van der Waals surface area (Å²) in [5.41, 5.74) is 2.77. The first-order valence-electron chi connectivity index (χ1n) is 11.3. The molecule has 0 amide bonds. The smallest absolute Gasteiger partial charge is 0.341 e. The average molecular weight is 484 g/mol. The van der Waals surface area contributed by atoms with E-state index in [0.29, 0.717) is 16.9 Å². The Hall–Kier alpha value is -3.17. The Balaban J connectivity index is 1.67. The molecule has 2 aromatic carbocycles. The molecule has 0 radical (unpaired) electrons. The minimum Gasteiger partial charge on any atom is -0.451 e. The summed E-state index contributed by atoms with van der Waals surface area (Å²) < 4.78 is 32.1. The van der Waals surface area contributed by atoms with Crippen LogP contribution in [0, 0.1) is 6.92 Å². The second kappa shape index (κ2) is 9.23. The fraction of sp³-hybridized carbons (Fsp3) is 0.360. The summed E-state index contributed by atoms with van der Waals surface area (Å²) in [5, 5.41) is 0.768. The molecule has 180 valence electrons. The van der Waals surface area contributed by atoms with Gasteiger partial charge in [0, 0.05) is 49.3 Å². The lowest BCUT2D eigenvalue weighted by molar-refractivity contribution is 0.0319. The second-order valence-electron chi connectivity index (χ2n) is 8.74. The van der Waals surface area contributed by atoms with Crippen molar-refractivity contribution in [1.82, 2.24) is 9.29 Å². The van der Waals surface area contributed by atoms with Crippen molar-refractivity contribution in [2.45, 2.75) is 37.7 Å². The molecule has 2 heterocycles. The zero-order valence-corrected chi connectivity index (χ0v) is 20.6. The number of ether oxygens (including phenoxy) is 1. The molecule has 1 unspecified atom stereocenters. The lowest BCUT2D eigenvalue weighted by atomic mass is 10.0. The van der Waals surface area contributed by atoms with Crippen LogP contribution in [0.15, 0.2) is 47.4 Å². The number of anilines is 1. The van der Waals surface area contributed by atoms with Crippen molar-refractivity contribution < 1.29 is 22.7 Å². The maximum atomic E-state index is 13.3. The molecule has 0 aliphatic carbocycles. The summed E-state index contributed by atoms with van der Waals surface area (Å²) in [6.07, 6.45) is 0.924. The first-order chi connectivity index (χ1) is 16.1. The lowest BCUT2D eigenvalue weighted by Gasteiger charge is -2.23. The van der Waals surface area contributed by atoms with Crippen LogP contribution in [0.2, 0.25) is 0 Å². The number of fused-ring (bicyclic) bond motifs is 1. The minimum absolute atomic E-state index is 0.00107. The molecule has 1 aromatic heterocycles. The normalized spacial score (nSPS) is 15.1.